The van der Waals surface area contributed by atoms with Gasteiger partial charge in [0.1, 0.15) is 5.75 Å². The number of hydrogen-bond acceptors (Lipinski definition) is 3. The van der Waals surface area contributed by atoms with E-state index in [1.165, 1.54) is 27.6 Å². The van der Waals surface area contributed by atoms with Crippen molar-refractivity contribution in [2.75, 3.05) is 26.7 Å². The normalized spacial score (nSPS) is 19.1. The van der Waals surface area contributed by atoms with Crippen molar-refractivity contribution in [2.45, 2.75) is 31.3 Å². The second-order valence-corrected chi connectivity index (χ2v) is 9.06. The molecule has 33 heavy (non-hydrogen) atoms. The first-order valence-corrected chi connectivity index (χ1v) is 12.0. The molecular formula is C29H33N3O. The van der Waals surface area contributed by atoms with E-state index in [0.29, 0.717) is 12.0 Å². The molecule has 5 rings (SSSR count). The molecule has 0 aliphatic carbocycles. The van der Waals surface area contributed by atoms with Gasteiger partial charge in [-0.2, -0.15) is 0 Å². The average Bonchev–Trinajstić information content (AvgIpc) is 3.28. The largest absolute Gasteiger partial charge is 0.497 e. The minimum atomic E-state index is 0.485. The van der Waals surface area contributed by atoms with Crippen molar-refractivity contribution in [2.24, 2.45) is 0 Å². The fourth-order valence-corrected chi connectivity index (χ4v) is 5.17. The molecule has 0 unspecified atom stereocenters. The van der Waals surface area contributed by atoms with Crippen molar-refractivity contribution in [3.63, 3.8) is 0 Å². The minimum absolute atomic E-state index is 0.485. The smallest absolute Gasteiger partial charge is 0.119 e. The van der Waals surface area contributed by atoms with Gasteiger partial charge in [0, 0.05) is 48.7 Å². The van der Waals surface area contributed by atoms with Crippen LogP contribution in [0.1, 0.15) is 29.0 Å². The van der Waals surface area contributed by atoms with Gasteiger partial charge in [0.05, 0.1) is 7.11 Å². The highest BCUT2D eigenvalue weighted by Crippen LogP contribution is 2.29. The molecule has 0 radical (unpaired) electrons. The number of piperidine rings is 1. The number of aromatic nitrogens is 1. The Balaban J connectivity index is 1.26. The van der Waals surface area contributed by atoms with Crippen LogP contribution in [-0.2, 0) is 13.0 Å². The van der Waals surface area contributed by atoms with E-state index in [1.807, 2.05) is 6.07 Å². The lowest BCUT2D eigenvalue weighted by Gasteiger charge is -2.39. The lowest BCUT2D eigenvalue weighted by atomic mass is 9.85. The van der Waals surface area contributed by atoms with Gasteiger partial charge in [0.25, 0.3) is 0 Å². The molecule has 3 aromatic carbocycles. The van der Waals surface area contributed by atoms with Crippen LogP contribution in [0.3, 0.4) is 0 Å². The summed E-state index contributed by atoms with van der Waals surface area (Å²) in [5, 5.41) is 5.17. The highest BCUT2D eigenvalue weighted by molar-refractivity contribution is 5.84. The van der Waals surface area contributed by atoms with Crippen molar-refractivity contribution in [1.29, 1.82) is 0 Å². The van der Waals surface area contributed by atoms with Crippen LogP contribution < -0.4 is 10.1 Å². The van der Waals surface area contributed by atoms with E-state index < -0.39 is 0 Å². The standard InChI is InChI=1S/C29H33N3O/c1-33-25-12-13-28-26(18-25)24(19-31-28)14-16-30-29-15-17-32(20-22-8-4-2-5-9-22)21-27(29)23-10-6-3-7-11-23/h2-13,18-19,27,29-31H,14-17,20-21H2,1H3/t27-,29-/m1/s1. The number of methoxy groups -OCH3 is 1. The molecule has 170 valence electrons. The molecule has 1 saturated heterocycles. The van der Waals surface area contributed by atoms with Gasteiger partial charge in [-0.25, -0.2) is 0 Å². The first-order valence-electron chi connectivity index (χ1n) is 12.0. The number of H-pyrrole nitrogens is 1. The van der Waals surface area contributed by atoms with Crippen LogP contribution in [0.2, 0.25) is 0 Å². The topological polar surface area (TPSA) is 40.3 Å². The summed E-state index contributed by atoms with van der Waals surface area (Å²) >= 11 is 0. The Kier molecular flexibility index (Phi) is 6.75. The third-order valence-corrected chi connectivity index (χ3v) is 6.95. The van der Waals surface area contributed by atoms with Gasteiger partial charge in [-0.15, -0.1) is 0 Å². The molecule has 2 N–H and O–H groups in total. The molecular weight excluding hydrogens is 406 g/mol. The second kappa shape index (κ2) is 10.2. The van der Waals surface area contributed by atoms with Crippen molar-refractivity contribution in [1.82, 2.24) is 15.2 Å². The Morgan fingerprint density at radius 2 is 1.79 bits per heavy atom. The molecule has 0 saturated carbocycles. The van der Waals surface area contributed by atoms with Crippen LogP contribution >= 0.6 is 0 Å². The van der Waals surface area contributed by atoms with E-state index in [0.717, 1.165) is 44.8 Å². The summed E-state index contributed by atoms with van der Waals surface area (Å²) in [6.45, 7) is 4.20. The Bertz CT molecular complexity index is 1160. The number of rotatable bonds is 8. The molecule has 1 aliphatic rings. The monoisotopic (exact) mass is 439 g/mol. The summed E-state index contributed by atoms with van der Waals surface area (Å²) in [4.78, 5) is 6.01. The average molecular weight is 440 g/mol. The summed E-state index contributed by atoms with van der Waals surface area (Å²) < 4.78 is 5.43. The quantitative estimate of drug-likeness (QED) is 0.388. The number of likely N-dealkylation sites (tertiary alicyclic amines) is 1. The lowest BCUT2D eigenvalue weighted by Crippen LogP contribution is -2.48. The number of benzene rings is 3. The molecule has 0 bridgehead atoms. The molecule has 4 nitrogen and oxygen atoms in total. The molecule has 1 aliphatic heterocycles. The number of nitrogens with zero attached hydrogens (tertiary/aromatic N) is 1. The van der Waals surface area contributed by atoms with Crippen molar-refractivity contribution in [3.8, 4) is 5.75 Å². The van der Waals surface area contributed by atoms with E-state index in [1.54, 1.807) is 7.11 Å². The zero-order valence-electron chi connectivity index (χ0n) is 19.3. The zero-order chi connectivity index (χ0) is 22.5. The fourth-order valence-electron chi connectivity index (χ4n) is 5.17. The van der Waals surface area contributed by atoms with Crippen molar-refractivity contribution >= 4 is 10.9 Å². The number of aromatic amines is 1. The molecule has 0 spiro atoms. The molecule has 2 atom stereocenters. The first-order chi connectivity index (χ1) is 16.3. The van der Waals surface area contributed by atoms with E-state index in [2.05, 4.69) is 94.2 Å². The van der Waals surface area contributed by atoms with Crippen LogP contribution in [-0.4, -0.2) is 42.7 Å². The summed E-state index contributed by atoms with van der Waals surface area (Å²) in [6.07, 6.45) is 4.30. The fraction of sp³-hybridized carbons (Fsp3) is 0.310. The van der Waals surface area contributed by atoms with Crippen LogP contribution in [0.25, 0.3) is 10.9 Å². The van der Waals surface area contributed by atoms with Crippen molar-refractivity contribution < 1.29 is 4.74 Å². The third-order valence-electron chi connectivity index (χ3n) is 6.95. The Labute approximate surface area is 196 Å². The molecule has 0 amide bonds. The van der Waals surface area contributed by atoms with Gasteiger partial charge in [-0.1, -0.05) is 60.7 Å². The predicted molar refractivity (Wildman–Crippen MR) is 136 cm³/mol. The molecule has 2 heterocycles. The van der Waals surface area contributed by atoms with Gasteiger partial charge < -0.3 is 15.0 Å². The SMILES string of the molecule is COc1ccc2[nH]cc(CCN[C@@H]3CCN(Cc4ccccc4)C[C@@H]3c3ccccc3)c2c1. The number of ether oxygens (including phenoxy) is 1. The van der Waals surface area contributed by atoms with Crippen LogP contribution in [0.5, 0.6) is 5.75 Å². The number of hydrogen-bond donors (Lipinski definition) is 2. The lowest BCUT2D eigenvalue weighted by molar-refractivity contribution is 0.167. The maximum Gasteiger partial charge on any atom is 0.119 e. The molecule has 1 aromatic heterocycles. The first kappa shape index (κ1) is 21.7. The van der Waals surface area contributed by atoms with E-state index in [4.69, 9.17) is 4.74 Å². The Morgan fingerprint density at radius 1 is 1.00 bits per heavy atom. The second-order valence-electron chi connectivity index (χ2n) is 9.06. The van der Waals surface area contributed by atoms with E-state index in [9.17, 15) is 0 Å². The summed E-state index contributed by atoms with van der Waals surface area (Å²) in [5.41, 5.74) is 5.34. The molecule has 4 aromatic rings. The summed E-state index contributed by atoms with van der Waals surface area (Å²) in [5.74, 6) is 1.40. The summed E-state index contributed by atoms with van der Waals surface area (Å²) in [6, 6.07) is 28.6. The van der Waals surface area contributed by atoms with Gasteiger partial charge in [0.2, 0.25) is 0 Å². The maximum atomic E-state index is 5.43. The number of fused-ring (bicyclic) bond motifs is 1. The van der Waals surface area contributed by atoms with Gasteiger partial charge >= 0.3 is 0 Å². The zero-order valence-corrected chi connectivity index (χ0v) is 19.3. The summed E-state index contributed by atoms with van der Waals surface area (Å²) in [7, 11) is 1.73. The van der Waals surface area contributed by atoms with Crippen molar-refractivity contribution in [3.05, 3.63) is 102 Å². The third kappa shape index (κ3) is 5.13. The van der Waals surface area contributed by atoms with E-state index in [-0.39, 0.29) is 0 Å². The molecule has 4 heteroatoms. The van der Waals surface area contributed by atoms with Gasteiger partial charge in [-0.3, -0.25) is 4.90 Å². The van der Waals surface area contributed by atoms with Crippen LogP contribution in [0.4, 0.5) is 0 Å². The highest BCUT2D eigenvalue weighted by Gasteiger charge is 2.30. The van der Waals surface area contributed by atoms with Crippen LogP contribution in [0, 0.1) is 0 Å². The van der Waals surface area contributed by atoms with Crippen LogP contribution in [0.15, 0.2) is 85.1 Å². The highest BCUT2D eigenvalue weighted by atomic mass is 16.5. The minimum Gasteiger partial charge on any atom is -0.497 e. The van der Waals surface area contributed by atoms with E-state index >= 15 is 0 Å². The number of nitrogens with one attached hydrogen (secondary N) is 2. The maximum absolute atomic E-state index is 5.43. The van der Waals surface area contributed by atoms with Gasteiger partial charge in [0.15, 0.2) is 0 Å². The molecule has 1 fully saturated rings. The van der Waals surface area contributed by atoms with Gasteiger partial charge in [-0.05, 0) is 54.3 Å². The Morgan fingerprint density at radius 3 is 2.58 bits per heavy atom. The Hall–Kier alpha value is -3.08. The predicted octanol–water partition coefficient (Wildman–Crippen LogP) is 5.37.